The summed E-state index contributed by atoms with van der Waals surface area (Å²) in [6.07, 6.45) is 3.52. The van der Waals surface area contributed by atoms with Crippen molar-refractivity contribution in [3.05, 3.63) is 17.1 Å². The summed E-state index contributed by atoms with van der Waals surface area (Å²) in [7, 11) is 0. The lowest BCUT2D eigenvalue weighted by atomic mass is 10.4. The van der Waals surface area contributed by atoms with E-state index in [1.807, 2.05) is 6.20 Å². The average molecular weight is 396 g/mol. The van der Waals surface area contributed by atoms with Crippen LogP contribution >= 0.6 is 15.9 Å². The molecule has 0 amide bonds. The summed E-state index contributed by atoms with van der Waals surface area (Å²) in [4.78, 5) is 22.4. The maximum Gasteiger partial charge on any atom is 0.241 e. The molecule has 9 nitrogen and oxygen atoms in total. The quantitative estimate of drug-likeness (QED) is 0.742. The average Bonchev–Trinajstić information content (AvgIpc) is 3.09. The number of morpholine rings is 2. The molecule has 24 heavy (non-hydrogen) atoms. The number of rotatable bonds is 3. The van der Waals surface area contributed by atoms with E-state index in [0.29, 0.717) is 44.3 Å². The molecule has 4 heterocycles. The molecule has 2 saturated heterocycles. The van der Waals surface area contributed by atoms with E-state index in [1.165, 1.54) is 0 Å². The van der Waals surface area contributed by atoms with Gasteiger partial charge >= 0.3 is 0 Å². The van der Waals surface area contributed by atoms with Crippen LogP contribution in [0.5, 0.6) is 0 Å². The van der Waals surface area contributed by atoms with Crippen LogP contribution in [-0.4, -0.2) is 77.1 Å². The number of hydrogen-bond acceptors (Lipinski definition) is 8. The molecule has 0 radical (unpaired) electrons. The van der Waals surface area contributed by atoms with Gasteiger partial charge in [-0.25, -0.2) is 4.98 Å². The molecule has 0 aromatic carbocycles. The Bertz CT molecular complexity index is 662. The van der Waals surface area contributed by atoms with Gasteiger partial charge in [-0.2, -0.15) is 15.0 Å². The van der Waals surface area contributed by atoms with Crippen LogP contribution in [-0.2, 0) is 9.47 Å². The van der Waals surface area contributed by atoms with Crippen molar-refractivity contribution in [1.82, 2.24) is 24.5 Å². The molecular formula is C14H18BrN7O2. The van der Waals surface area contributed by atoms with Crippen molar-refractivity contribution >= 4 is 27.8 Å². The van der Waals surface area contributed by atoms with Gasteiger partial charge in [-0.05, 0) is 15.9 Å². The van der Waals surface area contributed by atoms with Crippen LogP contribution in [0.15, 0.2) is 17.1 Å². The van der Waals surface area contributed by atoms with Crippen LogP contribution in [0.2, 0.25) is 0 Å². The van der Waals surface area contributed by atoms with Crippen LogP contribution in [0.4, 0.5) is 11.9 Å². The summed E-state index contributed by atoms with van der Waals surface area (Å²) in [5.74, 6) is 1.91. The zero-order chi connectivity index (χ0) is 16.4. The van der Waals surface area contributed by atoms with Gasteiger partial charge in [-0.15, -0.1) is 0 Å². The van der Waals surface area contributed by atoms with Crippen LogP contribution < -0.4 is 9.80 Å². The topological polar surface area (TPSA) is 81.4 Å². The summed E-state index contributed by atoms with van der Waals surface area (Å²) in [6.45, 7) is 5.85. The van der Waals surface area contributed by atoms with Gasteiger partial charge in [-0.1, -0.05) is 0 Å². The fraction of sp³-hybridized carbons (Fsp3) is 0.571. The third-order valence-corrected chi connectivity index (χ3v) is 4.38. The Morgan fingerprint density at radius 3 is 1.75 bits per heavy atom. The van der Waals surface area contributed by atoms with Gasteiger partial charge in [0.05, 0.1) is 26.4 Å². The fourth-order valence-electron chi connectivity index (χ4n) is 2.68. The van der Waals surface area contributed by atoms with E-state index in [2.05, 4.69) is 45.7 Å². The first-order valence-electron chi connectivity index (χ1n) is 7.91. The maximum atomic E-state index is 5.42. The molecule has 0 aliphatic carbocycles. The molecule has 0 N–H and O–H groups in total. The van der Waals surface area contributed by atoms with Gasteiger partial charge in [0.25, 0.3) is 0 Å². The highest BCUT2D eigenvalue weighted by Crippen LogP contribution is 2.19. The van der Waals surface area contributed by atoms with E-state index in [-0.39, 0.29) is 0 Å². The van der Waals surface area contributed by atoms with E-state index >= 15 is 0 Å². The highest BCUT2D eigenvalue weighted by Gasteiger charge is 2.21. The summed E-state index contributed by atoms with van der Waals surface area (Å²) in [5, 5.41) is 0. The van der Waals surface area contributed by atoms with E-state index < -0.39 is 0 Å². The summed E-state index contributed by atoms with van der Waals surface area (Å²) in [5.41, 5.74) is 0. The number of imidazole rings is 1. The summed E-state index contributed by atoms with van der Waals surface area (Å²) >= 11 is 3.36. The normalized spacial score (nSPS) is 18.9. The van der Waals surface area contributed by atoms with Crippen molar-refractivity contribution in [3.63, 3.8) is 0 Å². The minimum absolute atomic E-state index is 0.561. The van der Waals surface area contributed by atoms with Crippen LogP contribution in [0.1, 0.15) is 0 Å². The molecule has 0 spiro atoms. The van der Waals surface area contributed by atoms with Crippen LogP contribution in [0, 0.1) is 0 Å². The lowest BCUT2D eigenvalue weighted by molar-refractivity contribution is 0.121. The molecule has 2 aliphatic heterocycles. The van der Waals surface area contributed by atoms with Crippen molar-refractivity contribution in [1.29, 1.82) is 0 Å². The van der Waals surface area contributed by atoms with Gasteiger partial charge < -0.3 is 19.3 Å². The van der Waals surface area contributed by atoms with Gasteiger partial charge in [0.15, 0.2) is 0 Å². The highest BCUT2D eigenvalue weighted by atomic mass is 79.9. The lowest BCUT2D eigenvalue weighted by Crippen LogP contribution is -2.40. The fourth-order valence-corrected chi connectivity index (χ4v) is 2.99. The largest absolute Gasteiger partial charge is 0.378 e. The molecular weight excluding hydrogens is 378 g/mol. The Hall–Kier alpha value is -1.78. The SMILES string of the molecule is Brc1cn(-c2nc(N3CCOCC3)nc(N3CCOCC3)n2)cn1. The zero-order valence-corrected chi connectivity index (χ0v) is 14.7. The monoisotopic (exact) mass is 395 g/mol. The number of hydrogen-bond donors (Lipinski definition) is 0. The first-order valence-corrected chi connectivity index (χ1v) is 8.70. The third-order valence-electron chi connectivity index (χ3n) is 3.97. The summed E-state index contributed by atoms with van der Waals surface area (Å²) in [6, 6.07) is 0. The Morgan fingerprint density at radius 2 is 1.29 bits per heavy atom. The predicted molar refractivity (Wildman–Crippen MR) is 90.7 cm³/mol. The standard InChI is InChI=1S/C14H18BrN7O2/c15-11-9-22(10-16-11)14-18-12(20-1-5-23-6-2-20)17-13(19-14)21-3-7-24-8-4-21/h9-10H,1-8H2. The molecule has 0 bridgehead atoms. The number of nitrogens with zero attached hydrogens (tertiary/aromatic N) is 7. The van der Waals surface area contributed by atoms with Crippen LogP contribution in [0.3, 0.4) is 0 Å². The number of ether oxygens (including phenoxy) is 2. The Labute approximate surface area is 147 Å². The lowest BCUT2D eigenvalue weighted by Gasteiger charge is -2.30. The second kappa shape index (κ2) is 6.99. The Kier molecular flexibility index (Phi) is 4.58. The van der Waals surface area contributed by atoms with Gasteiger partial charge in [-0.3, -0.25) is 4.57 Å². The number of aromatic nitrogens is 5. The van der Waals surface area contributed by atoms with Gasteiger partial charge in [0.2, 0.25) is 17.8 Å². The molecule has 2 aromatic rings. The van der Waals surface area contributed by atoms with Crippen molar-refractivity contribution in [3.8, 4) is 5.95 Å². The molecule has 2 aromatic heterocycles. The summed E-state index contributed by atoms with van der Waals surface area (Å²) < 4.78 is 13.4. The molecule has 128 valence electrons. The third kappa shape index (κ3) is 3.35. The molecule has 0 saturated carbocycles. The van der Waals surface area contributed by atoms with Crippen molar-refractivity contribution in [2.45, 2.75) is 0 Å². The second-order valence-electron chi connectivity index (χ2n) is 5.54. The molecule has 4 rings (SSSR count). The van der Waals surface area contributed by atoms with Gasteiger partial charge in [0, 0.05) is 32.4 Å². The molecule has 0 unspecified atom stereocenters. The maximum absolute atomic E-state index is 5.42. The molecule has 2 aliphatic rings. The molecule has 0 atom stereocenters. The van der Waals surface area contributed by atoms with Crippen LogP contribution in [0.25, 0.3) is 5.95 Å². The molecule has 2 fully saturated rings. The minimum Gasteiger partial charge on any atom is -0.378 e. The Balaban J connectivity index is 1.71. The van der Waals surface area contributed by atoms with Crippen molar-refractivity contribution in [2.24, 2.45) is 0 Å². The minimum atomic E-state index is 0.561. The number of halogens is 1. The van der Waals surface area contributed by atoms with Gasteiger partial charge in [0.1, 0.15) is 10.9 Å². The molecule has 10 heteroatoms. The first-order chi connectivity index (χ1) is 11.8. The Morgan fingerprint density at radius 1 is 0.792 bits per heavy atom. The van der Waals surface area contributed by atoms with E-state index in [0.717, 1.165) is 30.8 Å². The van der Waals surface area contributed by atoms with Crippen molar-refractivity contribution in [2.75, 3.05) is 62.4 Å². The highest BCUT2D eigenvalue weighted by molar-refractivity contribution is 9.10. The van der Waals surface area contributed by atoms with E-state index in [9.17, 15) is 0 Å². The van der Waals surface area contributed by atoms with Crippen molar-refractivity contribution < 1.29 is 9.47 Å². The van der Waals surface area contributed by atoms with E-state index in [1.54, 1.807) is 10.9 Å². The number of anilines is 2. The van der Waals surface area contributed by atoms with E-state index in [4.69, 9.17) is 9.47 Å². The second-order valence-corrected chi connectivity index (χ2v) is 6.35. The smallest absolute Gasteiger partial charge is 0.241 e. The zero-order valence-electron chi connectivity index (χ0n) is 13.1. The predicted octanol–water partition coefficient (Wildman–Crippen LogP) is 0.493. The first kappa shape index (κ1) is 15.7.